The molecule has 5 rings (SSSR count). The number of aromatic nitrogens is 5. The molecule has 1 aromatic carbocycles. The van der Waals surface area contributed by atoms with Crippen molar-refractivity contribution in [2.45, 2.75) is 32.2 Å². The Morgan fingerprint density at radius 1 is 1.31 bits per heavy atom. The van der Waals surface area contributed by atoms with Crippen LogP contribution in [0.15, 0.2) is 42.7 Å². The third-order valence-electron chi connectivity index (χ3n) is 5.88. The number of hydrogen-bond acceptors (Lipinski definition) is 8. The lowest BCUT2D eigenvalue weighted by Crippen LogP contribution is -2.20. The van der Waals surface area contributed by atoms with Crippen molar-refractivity contribution in [2.24, 2.45) is 0 Å². The highest BCUT2D eigenvalue weighted by molar-refractivity contribution is 7.17. The maximum absolute atomic E-state index is 14.8. The number of carbonyl (C=O) groups excluding carboxylic acids is 1. The number of amides is 1. The van der Waals surface area contributed by atoms with Gasteiger partial charge in [-0.1, -0.05) is 11.2 Å². The average Bonchev–Trinajstić information content (AvgIpc) is 3.52. The lowest BCUT2D eigenvalue weighted by Gasteiger charge is -2.22. The fraction of sp³-hybridized carbons (Fsp3) is 0.292. The molecule has 4 heterocycles. The van der Waals surface area contributed by atoms with E-state index in [4.69, 9.17) is 9.47 Å². The van der Waals surface area contributed by atoms with Crippen molar-refractivity contribution in [1.29, 1.82) is 0 Å². The van der Waals surface area contributed by atoms with Crippen LogP contribution >= 0.6 is 11.3 Å². The van der Waals surface area contributed by atoms with Crippen LogP contribution < -0.4 is 14.8 Å². The number of pyridine rings is 1. The van der Waals surface area contributed by atoms with Crippen LogP contribution in [-0.4, -0.2) is 44.6 Å². The Balaban J connectivity index is 1.32. The lowest BCUT2D eigenvalue weighted by atomic mass is 9.97. The molecule has 1 unspecified atom stereocenters. The smallest absolute Gasteiger partial charge is 0.295 e. The van der Waals surface area contributed by atoms with Gasteiger partial charge < -0.3 is 9.47 Å². The fourth-order valence-electron chi connectivity index (χ4n) is 4.22. The minimum atomic E-state index is -0.500. The molecule has 35 heavy (non-hydrogen) atoms. The number of carbonyl (C=O) groups is 1. The van der Waals surface area contributed by atoms with E-state index >= 15 is 0 Å². The first-order chi connectivity index (χ1) is 17.0. The monoisotopic (exact) mass is 494 g/mol. The first-order valence-electron chi connectivity index (χ1n) is 11.1. The van der Waals surface area contributed by atoms with Crippen molar-refractivity contribution < 1.29 is 18.7 Å². The maximum atomic E-state index is 14.8. The number of anilines is 1. The molecule has 0 bridgehead atoms. The normalized spacial score (nSPS) is 14.9. The summed E-state index contributed by atoms with van der Waals surface area (Å²) >= 11 is 1.13. The van der Waals surface area contributed by atoms with Gasteiger partial charge >= 0.3 is 0 Å². The fourth-order valence-corrected chi connectivity index (χ4v) is 4.82. The van der Waals surface area contributed by atoms with Crippen molar-refractivity contribution in [2.75, 3.05) is 19.0 Å². The van der Waals surface area contributed by atoms with Crippen molar-refractivity contribution in [3.63, 3.8) is 0 Å². The number of nitrogens with one attached hydrogen (secondary N) is 1. The topological polar surface area (TPSA) is 104 Å². The quantitative estimate of drug-likeness (QED) is 0.404. The Morgan fingerprint density at radius 2 is 2.20 bits per heavy atom. The molecule has 1 N–H and O–H groups in total. The van der Waals surface area contributed by atoms with E-state index in [0.29, 0.717) is 28.8 Å². The van der Waals surface area contributed by atoms with Gasteiger partial charge in [0.1, 0.15) is 11.6 Å². The van der Waals surface area contributed by atoms with Crippen LogP contribution in [0, 0.1) is 12.7 Å². The highest BCUT2D eigenvalue weighted by atomic mass is 32.1. The zero-order valence-electron chi connectivity index (χ0n) is 19.2. The molecule has 1 aliphatic heterocycles. The molecular weight excluding hydrogens is 471 g/mol. The molecular formula is C24H23FN6O3S. The minimum absolute atomic E-state index is 0.187. The van der Waals surface area contributed by atoms with Gasteiger partial charge in [0.15, 0.2) is 0 Å². The van der Waals surface area contributed by atoms with Gasteiger partial charge in [-0.25, -0.2) is 4.39 Å². The number of hydrogen-bond donors (Lipinski definition) is 1. The summed E-state index contributed by atoms with van der Waals surface area (Å²) in [5.41, 5.74) is 2.54. The van der Waals surface area contributed by atoms with Gasteiger partial charge in [0, 0.05) is 41.8 Å². The zero-order chi connectivity index (χ0) is 24.4. The molecule has 1 aliphatic rings. The summed E-state index contributed by atoms with van der Waals surface area (Å²) in [6, 6.07) is 8.18. The number of aryl methyl sites for hydroxylation is 2. The van der Waals surface area contributed by atoms with Crippen LogP contribution in [0.3, 0.4) is 0 Å². The zero-order valence-corrected chi connectivity index (χ0v) is 20.0. The van der Waals surface area contributed by atoms with Crippen LogP contribution in [-0.2, 0) is 6.54 Å². The Labute approximate surface area is 204 Å². The van der Waals surface area contributed by atoms with E-state index in [1.165, 1.54) is 19.4 Å². The molecule has 0 spiro atoms. The van der Waals surface area contributed by atoms with Gasteiger partial charge in [0.05, 0.1) is 24.8 Å². The van der Waals surface area contributed by atoms with Crippen molar-refractivity contribution in [3.05, 3.63) is 65.5 Å². The Hall–Kier alpha value is -3.86. The minimum Gasteiger partial charge on any atom is -0.496 e. The van der Waals surface area contributed by atoms with Crippen LogP contribution in [0.25, 0.3) is 11.1 Å². The molecule has 0 saturated carbocycles. The van der Waals surface area contributed by atoms with Crippen LogP contribution in [0.5, 0.6) is 10.9 Å². The van der Waals surface area contributed by atoms with Gasteiger partial charge in [-0.2, -0.15) is 5.10 Å². The van der Waals surface area contributed by atoms with E-state index < -0.39 is 11.7 Å². The van der Waals surface area contributed by atoms with Crippen LogP contribution in [0.1, 0.15) is 40.5 Å². The van der Waals surface area contributed by atoms with Crippen LogP contribution in [0.4, 0.5) is 9.52 Å². The Kier molecular flexibility index (Phi) is 6.41. The third kappa shape index (κ3) is 4.72. The number of rotatable bonds is 7. The number of halogens is 1. The molecule has 11 heteroatoms. The second-order valence-electron chi connectivity index (χ2n) is 8.14. The van der Waals surface area contributed by atoms with E-state index in [2.05, 4.69) is 25.6 Å². The number of benzene rings is 1. The molecule has 180 valence electrons. The number of fused-ring (bicyclic) bond motifs is 1. The predicted octanol–water partition coefficient (Wildman–Crippen LogP) is 4.46. The second-order valence-corrected chi connectivity index (χ2v) is 9.09. The molecule has 0 fully saturated rings. The summed E-state index contributed by atoms with van der Waals surface area (Å²) in [5.74, 6) is -0.443. The van der Waals surface area contributed by atoms with E-state index in [-0.39, 0.29) is 22.2 Å². The van der Waals surface area contributed by atoms with E-state index in [1.807, 2.05) is 10.7 Å². The van der Waals surface area contributed by atoms with Crippen molar-refractivity contribution in [3.8, 4) is 22.1 Å². The number of ether oxygens (including phenoxy) is 2. The molecule has 0 aliphatic carbocycles. The van der Waals surface area contributed by atoms with Gasteiger partial charge in [-0.15, -0.1) is 5.10 Å². The van der Waals surface area contributed by atoms with E-state index in [9.17, 15) is 9.18 Å². The third-order valence-corrected chi connectivity index (χ3v) is 6.63. The molecule has 0 saturated heterocycles. The first-order valence-corrected chi connectivity index (χ1v) is 11.9. The van der Waals surface area contributed by atoms with Crippen molar-refractivity contribution in [1.82, 2.24) is 25.0 Å². The standard InChI is InChI=1S/C24H23FN6O3S/c1-14-11-16(21-18(25)6-3-7-20(21)33-2)17(12-26-14)22(32)28-23-29-30-24(35-23)34-13-15-5-4-10-31-19(15)8-9-27-31/h3,6-9,11-12,15H,4-5,10,13H2,1-2H3,(H,28,29,32). The maximum Gasteiger partial charge on any atom is 0.295 e. The average molecular weight is 495 g/mol. The largest absolute Gasteiger partial charge is 0.496 e. The van der Waals surface area contributed by atoms with Gasteiger partial charge in [-0.3, -0.25) is 19.8 Å². The number of methoxy groups -OCH3 is 1. The van der Waals surface area contributed by atoms with E-state index in [1.54, 1.807) is 31.3 Å². The lowest BCUT2D eigenvalue weighted by molar-refractivity contribution is 0.102. The van der Waals surface area contributed by atoms with E-state index in [0.717, 1.165) is 36.4 Å². The molecule has 1 atom stereocenters. The first kappa shape index (κ1) is 22.9. The van der Waals surface area contributed by atoms with Crippen LogP contribution in [0.2, 0.25) is 0 Å². The molecule has 9 nitrogen and oxygen atoms in total. The Morgan fingerprint density at radius 3 is 3.06 bits per heavy atom. The molecule has 4 aromatic rings. The summed E-state index contributed by atoms with van der Waals surface area (Å²) in [6.45, 7) is 3.14. The van der Waals surface area contributed by atoms with Gasteiger partial charge in [-0.05, 0) is 55.4 Å². The summed E-state index contributed by atoms with van der Waals surface area (Å²) < 4.78 is 28.0. The number of nitrogens with zero attached hydrogens (tertiary/aromatic N) is 5. The molecule has 0 radical (unpaired) electrons. The summed E-state index contributed by atoms with van der Waals surface area (Å²) in [7, 11) is 1.45. The summed E-state index contributed by atoms with van der Waals surface area (Å²) in [6.07, 6.45) is 5.27. The summed E-state index contributed by atoms with van der Waals surface area (Å²) in [4.78, 5) is 17.4. The highest BCUT2D eigenvalue weighted by Gasteiger charge is 2.23. The summed E-state index contributed by atoms with van der Waals surface area (Å²) in [5, 5.41) is 15.7. The SMILES string of the molecule is COc1cccc(F)c1-c1cc(C)ncc1C(=O)Nc1nnc(OCC2CCCn3nccc32)s1. The molecule has 3 aromatic heterocycles. The van der Waals surface area contributed by atoms with Gasteiger partial charge in [0.25, 0.3) is 11.1 Å². The van der Waals surface area contributed by atoms with Gasteiger partial charge in [0.2, 0.25) is 5.13 Å². The second kappa shape index (κ2) is 9.79. The molecule has 1 amide bonds. The highest BCUT2D eigenvalue weighted by Crippen LogP contribution is 2.35. The predicted molar refractivity (Wildman–Crippen MR) is 128 cm³/mol. The van der Waals surface area contributed by atoms with Crippen molar-refractivity contribution >= 4 is 22.4 Å². The Bertz CT molecular complexity index is 1370.